The van der Waals surface area contributed by atoms with Crippen LogP contribution in [0.4, 0.5) is 10.1 Å². The van der Waals surface area contributed by atoms with E-state index in [2.05, 4.69) is 0 Å². The third-order valence-electron chi connectivity index (χ3n) is 6.11. The number of carbonyl (C=O) groups excluding carboxylic acids is 2. The Morgan fingerprint density at radius 3 is 2.18 bits per heavy atom. The molecule has 5 heteroatoms. The summed E-state index contributed by atoms with van der Waals surface area (Å²) in [4.78, 5) is 31.0. The quantitative estimate of drug-likeness (QED) is 0.349. The molecule has 168 valence electrons. The van der Waals surface area contributed by atoms with Crippen molar-refractivity contribution in [3.63, 3.8) is 0 Å². The van der Waals surface area contributed by atoms with Crippen LogP contribution in [0.15, 0.2) is 103 Å². The number of carbonyl (C=O) groups is 2. The van der Waals surface area contributed by atoms with Crippen LogP contribution in [0.25, 0.3) is 16.3 Å². The highest BCUT2D eigenvalue weighted by Crippen LogP contribution is 2.38. The average molecular weight is 451 g/mol. The second-order valence-electron chi connectivity index (χ2n) is 8.17. The van der Waals surface area contributed by atoms with Crippen molar-refractivity contribution in [2.45, 2.75) is 13.5 Å². The zero-order chi connectivity index (χ0) is 23.7. The van der Waals surface area contributed by atoms with E-state index in [1.54, 1.807) is 18.2 Å². The van der Waals surface area contributed by atoms with Gasteiger partial charge in [0, 0.05) is 18.5 Å². The molecule has 4 nitrogen and oxygen atoms in total. The maximum atomic E-state index is 13.9. The Morgan fingerprint density at radius 1 is 0.765 bits per heavy atom. The van der Waals surface area contributed by atoms with Crippen molar-refractivity contribution in [2.24, 2.45) is 0 Å². The number of halogens is 1. The van der Waals surface area contributed by atoms with Gasteiger partial charge in [0.15, 0.2) is 0 Å². The van der Waals surface area contributed by atoms with Gasteiger partial charge in [-0.3, -0.25) is 9.59 Å². The number of benzene rings is 4. The van der Waals surface area contributed by atoms with E-state index in [9.17, 15) is 14.0 Å². The van der Waals surface area contributed by atoms with Crippen LogP contribution in [0.3, 0.4) is 0 Å². The standard InChI is InChI=1S/C29H23FN2O2/c1-2-31(19-20-9-4-3-5-10-20)27-26(22-15-17-23(30)18-16-22)28(33)32(29(27)34)25-14-8-12-21-11-6-7-13-24(21)25/h3-18H,2,19H2,1H3. The van der Waals surface area contributed by atoms with Crippen molar-refractivity contribution in [2.75, 3.05) is 11.4 Å². The summed E-state index contributed by atoms with van der Waals surface area (Å²) >= 11 is 0. The molecule has 0 fully saturated rings. The van der Waals surface area contributed by atoms with Crippen LogP contribution in [0.5, 0.6) is 0 Å². The third-order valence-corrected chi connectivity index (χ3v) is 6.11. The molecule has 1 heterocycles. The van der Waals surface area contributed by atoms with Crippen LogP contribution in [-0.4, -0.2) is 23.3 Å². The molecule has 5 rings (SSSR count). The number of anilines is 1. The Balaban J connectivity index is 1.66. The van der Waals surface area contributed by atoms with Gasteiger partial charge in [-0.05, 0) is 41.6 Å². The summed E-state index contributed by atoms with van der Waals surface area (Å²) in [5, 5.41) is 1.76. The van der Waals surface area contributed by atoms with Crippen LogP contribution < -0.4 is 4.90 Å². The molecular weight excluding hydrogens is 427 g/mol. The van der Waals surface area contributed by atoms with E-state index in [1.807, 2.05) is 78.6 Å². The molecule has 34 heavy (non-hydrogen) atoms. The molecule has 0 saturated carbocycles. The summed E-state index contributed by atoms with van der Waals surface area (Å²) in [6.07, 6.45) is 0. The van der Waals surface area contributed by atoms with E-state index in [4.69, 9.17) is 0 Å². The Bertz CT molecular complexity index is 1410. The molecule has 0 saturated heterocycles. The first-order valence-corrected chi connectivity index (χ1v) is 11.2. The van der Waals surface area contributed by atoms with E-state index in [0.717, 1.165) is 16.3 Å². The van der Waals surface area contributed by atoms with Crippen molar-refractivity contribution in [1.82, 2.24) is 4.90 Å². The van der Waals surface area contributed by atoms with Crippen LogP contribution in [0.2, 0.25) is 0 Å². The Morgan fingerprint density at radius 2 is 1.44 bits per heavy atom. The number of nitrogens with zero attached hydrogens (tertiary/aromatic N) is 2. The molecule has 4 aromatic carbocycles. The predicted molar refractivity (Wildman–Crippen MR) is 132 cm³/mol. The topological polar surface area (TPSA) is 40.6 Å². The second-order valence-corrected chi connectivity index (χ2v) is 8.17. The SMILES string of the molecule is CCN(Cc1ccccc1)C1=C(c2ccc(F)cc2)C(=O)N(c2cccc3ccccc23)C1=O. The van der Waals surface area contributed by atoms with Crippen molar-refractivity contribution in [1.29, 1.82) is 0 Å². The van der Waals surface area contributed by atoms with Crippen LogP contribution in [0.1, 0.15) is 18.1 Å². The van der Waals surface area contributed by atoms with Crippen molar-refractivity contribution < 1.29 is 14.0 Å². The first kappa shape index (κ1) is 21.6. The Labute approximate surface area is 197 Å². The molecule has 4 aromatic rings. The molecule has 0 N–H and O–H groups in total. The van der Waals surface area contributed by atoms with Gasteiger partial charge >= 0.3 is 0 Å². The fourth-order valence-electron chi connectivity index (χ4n) is 4.46. The van der Waals surface area contributed by atoms with Gasteiger partial charge in [-0.25, -0.2) is 9.29 Å². The molecule has 0 aliphatic carbocycles. The van der Waals surface area contributed by atoms with Gasteiger partial charge in [-0.15, -0.1) is 0 Å². The van der Waals surface area contributed by atoms with Gasteiger partial charge in [-0.1, -0.05) is 78.9 Å². The van der Waals surface area contributed by atoms with E-state index < -0.39 is 11.7 Å². The van der Waals surface area contributed by atoms with Gasteiger partial charge < -0.3 is 4.90 Å². The lowest BCUT2D eigenvalue weighted by atomic mass is 10.0. The summed E-state index contributed by atoms with van der Waals surface area (Å²) in [5.41, 5.74) is 2.70. The molecule has 0 unspecified atom stereocenters. The molecule has 1 aliphatic heterocycles. The summed E-state index contributed by atoms with van der Waals surface area (Å²) < 4.78 is 13.7. The minimum Gasteiger partial charge on any atom is -0.362 e. The number of amides is 2. The molecular formula is C29H23FN2O2. The third kappa shape index (κ3) is 3.75. The summed E-state index contributed by atoms with van der Waals surface area (Å²) in [6.45, 7) is 2.95. The van der Waals surface area contributed by atoms with Gasteiger partial charge in [-0.2, -0.15) is 0 Å². The lowest BCUT2D eigenvalue weighted by Crippen LogP contribution is -2.35. The van der Waals surface area contributed by atoms with Crippen LogP contribution in [0, 0.1) is 5.82 Å². The average Bonchev–Trinajstić information content (AvgIpc) is 3.13. The minimum atomic E-state index is -0.408. The number of rotatable bonds is 6. The summed E-state index contributed by atoms with van der Waals surface area (Å²) in [5.74, 6) is -1.18. The summed E-state index contributed by atoms with van der Waals surface area (Å²) in [6, 6.07) is 28.8. The molecule has 2 amide bonds. The lowest BCUT2D eigenvalue weighted by Gasteiger charge is -2.25. The minimum absolute atomic E-state index is 0.288. The van der Waals surface area contributed by atoms with Crippen molar-refractivity contribution in [3.8, 4) is 0 Å². The number of fused-ring (bicyclic) bond motifs is 1. The van der Waals surface area contributed by atoms with Crippen LogP contribution >= 0.6 is 0 Å². The number of hydrogen-bond acceptors (Lipinski definition) is 3. The largest absolute Gasteiger partial charge is 0.362 e. The van der Waals surface area contributed by atoms with Crippen LogP contribution in [-0.2, 0) is 16.1 Å². The van der Waals surface area contributed by atoms with Gasteiger partial charge in [0.2, 0.25) is 0 Å². The molecule has 0 spiro atoms. The molecule has 0 atom stereocenters. The molecule has 1 aliphatic rings. The van der Waals surface area contributed by atoms with Gasteiger partial charge in [0.25, 0.3) is 11.8 Å². The molecule has 0 aromatic heterocycles. The fourth-order valence-corrected chi connectivity index (χ4v) is 4.46. The second kappa shape index (κ2) is 8.94. The highest BCUT2D eigenvalue weighted by Gasteiger charge is 2.42. The number of hydrogen-bond donors (Lipinski definition) is 0. The highest BCUT2D eigenvalue weighted by molar-refractivity contribution is 6.46. The van der Waals surface area contributed by atoms with Gasteiger partial charge in [0.1, 0.15) is 11.5 Å². The Kier molecular flexibility index (Phi) is 5.68. The maximum Gasteiger partial charge on any atom is 0.282 e. The maximum absolute atomic E-state index is 13.9. The lowest BCUT2D eigenvalue weighted by molar-refractivity contribution is -0.120. The Hall–Kier alpha value is -4.25. The van der Waals surface area contributed by atoms with E-state index in [1.165, 1.54) is 17.0 Å². The van der Waals surface area contributed by atoms with Gasteiger partial charge in [0.05, 0.1) is 11.3 Å². The zero-order valence-corrected chi connectivity index (χ0v) is 18.7. The highest BCUT2D eigenvalue weighted by atomic mass is 19.1. The van der Waals surface area contributed by atoms with Crippen molar-refractivity contribution >= 4 is 33.8 Å². The first-order chi connectivity index (χ1) is 16.6. The smallest absolute Gasteiger partial charge is 0.282 e. The number of imide groups is 1. The zero-order valence-electron chi connectivity index (χ0n) is 18.7. The van der Waals surface area contributed by atoms with E-state index in [0.29, 0.717) is 30.0 Å². The van der Waals surface area contributed by atoms with E-state index in [-0.39, 0.29) is 11.5 Å². The predicted octanol–water partition coefficient (Wildman–Crippen LogP) is 5.79. The van der Waals surface area contributed by atoms with Crippen molar-refractivity contribution in [3.05, 3.63) is 120 Å². The first-order valence-electron chi connectivity index (χ1n) is 11.2. The molecule has 0 radical (unpaired) electrons. The van der Waals surface area contributed by atoms with E-state index >= 15 is 0 Å². The monoisotopic (exact) mass is 450 g/mol. The summed E-state index contributed by atoms with van der Waals surface area (Å²) in [7, 11) is 0. The fraction of sp³-hybridized carbons (Fsp3) is 0.103. The molecule has 0 bridgehead atoms. The number of likely N-dealkylation sites (N-methyl/N-ethyl adjacent to an activating group) is 1. The normalized spacial score (nSPS) is 13.8.